The van der Waals surface area contributed by atoms with Crippen LogP contribution in [0.4, 0.5) is 0 Å². The second-order valence-electron chi connectivity index (χ2n) is 8.21. The van der Waals surface area contributed by atoms with E-state index in [0.717, 1.165) is 16.7 Å². The SMILES string of the molecule is CC(C)C(C)N(Cc1cccc(C(=O)O)c1)C(=O)C(c1ccccc1)c1ccccc1. The molecular weight excluding hydrogens is 386 g/mol. The number of rotatable bonds is 8. The molecule has 0 heterocycles. The van der Waals surface area contributed by atoms with E-state index < -0.39 is 11.9 Å². The summed E-state index contributed by atoms with van der Waals surface area (Å²) in [6.45, 7) is 6.60. The average Bonchev–Trinajstić information content (AvgIpc) is 2.78. The van der Waals surface area contributed by atoms with Gasteiger partial charge in [-0.25, -0.2) is 4.79 Å². The highest BCUT2D eigenvalue weighted by Crippen LogP contribution is 2.29. The second-order valence-corrected chi connectivity index (χ2v) is 8.21. The van der Waals surface area contributed by atoms with Crippen LogP contribution in [0.2, 0.25) is 0 Å². The molecule has 0 aliphatic heterocycles. The molecule has 1 N–H and O–H groups in total. The summed E-state index contributed by atoms with van der Waals surface area (Å²) in [4.78, 5) is 27.3. The Morgan fingerprint density at radius 3 is 1.84 bits per heavy atom. The van der Waals surface area contributed by atoms with Gasteiger partial charge in [0.2, 0.25) is 5.91 Å². The fraction of sp³-hybridized carbons (Fsp3) is 0.259. The normalized spacial score (nSPS) is 12.0. The fourth-order valence-corrected chi connectivity index (χ4v) is 3.72. The Bertz CT molecular complexity index is 975. The van der Waals surface area contributed by atoms with Crippen molar-refractivity contribution in [3.63, 3.8) is 0 Å². The van der Waals surface area contributed by atoms with Crippen LogP contribution in [0.1, 0.15) is 53.7 Å². The average molecular weight is 416 g/mol. The third kappa shape index (κ3) is 5.40. The third-order valence-electron chi connectivity index (χ3n) is 5.78. The molecule has 0 radical (unpaired) electrons. The van der Waals surface area contributed by atoms with Crippen LogP contribution in [-0.4, -0.2) is 27.9 Å². The zero-order valence-electron chi connectivity index (χ0n) is 18.2. The van der Waals surface area contributed by atoms with Crippen molar-refractivity contribution in [3.05, 3.63) is 107 Å². The molecule has 0 bridgehead atoms. The maximum Gasteiger partial charge on any atom is 0.335 e. The zero-order chi connectivity index (χ0) is 22.4. The van der Waals surface area contributed by atoms with Gasteiger partial charge in [0.25, 0.3) is 0 Å². The van der Waals surface area contributed by atoms with E-state index >= 15 is 0 Å². The first kappa shape index (κ1) is 22.3. The summed E-state index contributed by atoms with van der Waals surface area (Å²) in [7, 11) is 0. The van der Waals surface area contributed by atoms with E-state index in [2.05, 4.69) is 20.8 Å². The molecule has 3 rings (SSSR count). The summed E-state index contributed by atoms with van der Waals surface area (Å²) in [6.07, 6.45) is 0. The number of carboxylic acids is 1. The molecule has 160 valence electrons. The van der Waals surface area contributed by atoms with Crippen LogP contribution in [0, 0.1) is 5.92 Å². The minimum atomic E-state index is -0.969. The first-order chi connectivity index (χ1) is 14.9. The Balaban J connectivity index is 2.03. The predicted octanol–water partition coefficient (Wildman–Crippen LogP) is 5.59. The molecule has 0 spiro atoms. The molecule has 0 aromatic heterocycles. The van der Waals surface area contributed by atoms with Crippen molar-refractivity contribution in [2.45, 2.75) is 39.3 Å². The van der Waals surface area contributed by atoms with Crippen LogP contribution in [0.15, 0.2) is 84.9 Å². The molecule has 1 amide bonds. The van der Waals surface area contributed by atoms with E-state index in [9.17, 15) is 14.7 Å². The molecule has 0 saturated heterocycles. The van der Waals surface area contributed by atoms with Gasteiger partial charge in [0.1, 0.15) is 0 Å². The first-order valence-corrected chi connectivity index (χ1v) is 10.6. The Morgan fingerprint density at radius 1 is 0.806 bits per heavy atom. The fourth-order valence-electron chi connectivity index (χ4n) is 3.72. The Kier molecular flexibility index (Phi) is 7.24. The number of benzene rings is 3. The highest BCUT2D eigenvalue weighted by atomic mass is 16.4. The lowest BCUT2D eigenvalue weighted by atomic mass is 9.88. The third-order valence-corrected chi connectivity index (χ3v) is 5.78. The Hall–Kier alpha value is -3.40. The van der Waals surface area contributed by atoms with E-state index in [1.807, 2.05) is 71.6 Å². The summed E-state index contributed by atoms with van der Waals surface area (Å²) in [5, 5.41) is 9.36. The molecule has 0 saturated carbocycles. The smallest absolute Gasteiger partial charge is 0.335 e. The molecule has 4 nitrogen and oxygen atoms in total. The monoisotopic (exact) mass is 415 g/mol. The number of carboxylic acid groups (broad SMARTS) is 1. The lowest BCUT2D eigenvalue weighted by molar-refractivity contribution is -0.135. The van der Waals surface area contributed by atoms with Crippen molar-refractivity contribution in [2.75, 3.05) is 0 Å². The van der Waals surface area contributed by atoms with Crippen molar-refractivity contribution in [3.8, 4) is 0 Å². The van der Waals surface area contributed by atoms with Gasteiger partial charge in [0.05, 0.1) is 11.5 Å². The van der Waals surface area contributed by atoms with Gasteiger partial charge >= 0.3 is 5.97 Å². The van der Waals surface area contributed by atoms with Gasteiger partial charge in [0, 0.05) is 12.6 Å². The largest absolute Gasteiger partial charge is 0.478 e. The maximum atomic E-state index is 14.0. The summed E-state index contributed by atoms with van der Waals surface area (Å²) >= 11 is 0. The van der Waals surface area contributed by atoms with Crippen molar-refractivity contribution >= 4 is 11.9 Å². The topological polar surface area (TPSA) is 57.6 Å². The van der Waals surface area contributed by atoms with Crippen molar-refractivity contribution in [1.29, 1.82) is 0 Å². The summed E-state index contributed by atoms with van der Waals surface area (Å²) in [6, 6.07) is 26.4. The number of hydrogen-bond acceptors (Lipinski definition) is 2. The molecule has 0 aliphatic rings. The molecule has 1 unspecified atom stereocenters. The van der Waals surface area contributed by atoms with Gasteiger partial charge in [-0.3, -0.25) is 4.79 Å². The van der Waals surface area contributed by atoms with E-state index in [0.29, 0.717) is 6.54 Å². The predicted molar refractivity (Wildman–Crippen MR) is 123 cm³/mol. The molecule has 4 heteroatoms. The van der Waals surface area contributed by atoms with E-state index in [-0.39, 0.29) is 23.4 Å². The van der Waals surface area contributed by atoms with Gasteiger partial charge in [-0.1, -0.05) is 86.6 Å². The van der Waals surface area contributed by atoms with Crippen molar-refractivity contribution in [1.82, 2.24) is 4.90 Å². The van der Waals surface area contributed by atoms with Gasteiger partial charge in [-0.05, 0) is 41.7 Å². The first-order valence-electron chi connectivity index (χ1n) is 10.6. The number of amides is 1. The Morgan fingerprint density at radius 2 is 1.35 bits per heavy atom. The van der Waals surface area contributed by atoms with E-state index in [1.54, 1.807) is 18.2 Å². The number of carbonyl (C=O) groups is 2. The number of nitrogens with zero attached hydrogens (tertiary/aromatic N) is 1. The summed E-state index contributed by atoms with van der Waals surface area (Å²) in [5.41, 5.74) is 2.92. The zero-order valence-corrected chi connectivity index (χ0v) is 18.2. The van der Waals surface area contributed by atoms with Crippen LogP contribution in [0.3, 0.4) is 0 Å². The number of aromatic carboxylic acids is 1. The molecule has 0 aliphatic carbocycles. The van der Waals surface area contributed by atoms with Gasteiger partial charge in [-0.15, -0.1) is 0 Å². The summed E-state index contributed by atoms with van der Waals surface area (Å²) in [5.74, 6) is -1.13. The number of hydrogen-bond donors (Lipinski definition) is 1. The van der Waals surface area contributed by atoms with E-state index in [1.165, 1.54) is 0 Å². The highest BCUT2D eigenvalue weighted by Gasteiger charge is 2.31. The highest BCUT2D eigenvalue weighted by molar-refractivity contribution is 5.88. The lowest BCUT2D eigenvalue weighted by Crippen LogP contribution is -2.43. The van der Waals surface area contributed by atoms with Gasteiger partial charge in [-0.2, -0.15) is 0 Å². The lowest BCUT2D eigenvalue weighted by Gasteiger charge is -2.35. The van der Waals surface area contributed by atoms with Crippen LogP contribution < -0.4 is 0 Å². The Labute approximate surface area is 184 Å². The molecular formula is C27H29NO3. The van der Waals surface area contributed by atoms with Gasteiger partial charge < -0.3 is 10.0 Å². The van der Waals surface area contributed by atoms with Crippen LogP contribution in [0.5, 0.6) is 0 Å². The van der Waals surface area contributed by atoms with Crippen molar-refractivity contribution in [2.24, 2.45) is 5.92 Å². The molecule has 0 fully saturated rings. The van der Waals surface area contributed by atoms with Crippen molar-refractivity contribution < 1.29 is 14.7 Å². The minimum absolute atomic E-state index is 0.0133. The van der Waals surface area contributed by atoms with Crippen LogP contribution in [0.25, 0.3) is 0 Å². The van der Waals surface area contributed by atoms with Crippen LogP contribution >= 0.6 is 0 Å². The molecule has 3 aromatic rings. The molecule has 31 heavy (non-hydrogen) atoms. The standard InChI is InChI=1S/C27H29NO3/c1-19(2)20(3)28(18-21-11-10-16-24(17-21)27(30)31)26(29)25(22-12-6-4-7-13-22)23-14-8-5-9-15-23/h4-17,19-20,25H,18H2,1-3H3,(H,30,31). The van der Waals surface area contributed by atoms with E-state index in [4.69, 9.17) is 0 Å². The number of carbonyl (C=O) groups excluding carboxylic acids is 1. The van der Waals surface area contributed by atoms with Crippen LogP contribution in [-0.2, 0) is 11.3 Å². The molecule has 3 aromatic carbocycles. The minimum Gasteiger partial charge on any atom is -0.478 e. The quantitative estimate of drug-likeness (QED) is 0.522. The maximum absolute atomic E-state index is 14.0. The van der Waals surface area contributed by atoms with Gasteiger partial charge in [0.15, 0.2) is 0 Å². The molecule has 1 atom stereocenters. The second kappa shape index (κ2) is 10.1. The summed E-state index contributed by atoms with van der Waals surface area (Å²) < 4.78 is 0.